The molecular weight excluding hydrogens is 224 g/mol. The van der Waals surface area contributed by atoms with E-state index in [4.69, 9.17) is 0 Å². The van der Waals surface area contributed by atoms with Crippen LogP contribution in [0, 0.1) is 0 Å². The van der Waals surface area contributed by atoms with Gasteiger partial charge in [0.05, 0.1) is 0 Å². The molecule has 0 unspecified atom stereocenters. The maximum absolute atomic E-state index is 2.30. The van der Waals surface area contributed by atoms with E-state index in [0.29, 0.717) is 0 Å². The van der Waals surface area contributed by atoms with Gasteiger partial charge >= 0.3 is 0 Å². The summed E-state index contributed by atoms with van der Waals surface area (Å²) >= 11 is 1.85. The van der Waals surface area contributed by atoms with Crippen LogP contribution in [0.15, 0.2) is 60.0 Å². The van der Waals surface area contributed by atoms with Gasteiger partial charge in [-0.3, -0.25) is 0 Å². The number of rotatable bonds is 3. The number of benzene rings is 2. The number of hydrogen-bond acceptors (Lipinski definition) is 1. The minimum absolute atomic E-state index is 1.13. The average Bonchev–Trinajstić information content (AvgIpc) is 2.81. The summed E-state index contributed by atoms with van der Waals surface area (Å²) < 4.78 is 1.40. The molecule has 1 heteroatoms. The summed E-state index contributed by atoms with van der Waals surface area (Å²) in [7, 11) is 0. The molecule has 0 aliphatic rings. The molecule has 84 valence electrons. The molecule has 0 saturated heterocycles. The van der Waals surface area contributed by atoms with Crippen LogP contribution in [0.2, 0.25) is 0 Å². The molecule has 17 heavy (non-hydrogen) atoms. The van der Waals surface area contributed by atoms with E-state index >= 15 is 0 Å². The van der Waals surface area contributed by atoms with Crippen molar-refractivity contribution >= 4 is 21.4 Å². The van der Waals surface area contributed by atoms with Crippen molar-refractivity contribution in [2.45, 2.75) is 12.8 Å². The first-order valence-electron chi connectivity index (χ1n) is 5.92. The fraction of sp³-hybridized carbons (Fsp3) is 0.125. The van der Waals surface area contributed by atoms with Gasteiger partial charge in [-0.05, 0) is 40.8 Å². The molecule has 0 atom stereocenters. The summed E-state index contributed by atoms with van der Waals surface area (Å²) in [6.45, 7) is 0. The Bertz CT molecular complexity index is 608. The van der Waals surface area contributed by atoms with Gasteiger partial charge in [-0.15, -0.1) is 11.3 Å². The van der Waals surface area contributed by atoms with Gasteiger partial charge in [-0.1, -0.05) is 48.5 Å². The molecule has 0 aliphatic heterocycles. The smallest absolute Gasteiger partial charge is 0.0345 e. The largest absolute Gasteiger partial charge is 0.144 e. The lowest BCUT2D eigenvalue weighted by atomic mass is 10.0. The van der Waals surface area contributed by atoms with E-state index in [1.807, 2.05) is 11.3 Å². The Balaban J connectivity index is 1.82. The molecule has 0 N–H and O–H groups in total. The maximum atomic E-state index is 2.30. The van der Waals surface area contributed by atoms with Crippen LogP contribution in [0.3, 0.4) is 0 Å². The highest BCUT2D eigenvalue weighted by atomic mass is 32.1. The molecule has 1 heterocycles. The normalized spacial score (nSPS) is 10.8. The Hall–Kier alpha value is -1.60. The summed E-state index contributed by atoms with van der Waals surface area (Å²) in [5.74, 6) is 0. The van der Waals surface area contributed by atoms with Crippen molar-refractivity contribution in [3.8, 4) is 0 Å². The van der Waals surface area contributed by atoms with Crippen molar-refractivity contribution < 1.29 is 0 Å². The van der Waals surface area contributed by atoms with Gasteiger partial charge in [0.15, 0.2) is 0 Å². The van der Waals surface area contributed by atoms with Crippen LogP contribution >= 0.6 is 11.3 Å². The predicted octanol–water partition coefficient (Wildman–Crippen LogP) is 4.69. The first kappa shape index (κ1) is 10.5. The van der Waals surface area contributed by atoms with Gasteiger partial charge in [-0.25, -0.2) is 0 Å². The van der Waals surface area contributed by atoms with Crippen molar-refractivity contribution in [1.29, 1.82) is 0 Å². The van der Waals surface area contributed by atoms with Crippen molar-refractivity contribution in [2.75, 3.05) is 0 Å². The summed E-state index contributed by atoms with van der Waals surface area (Å²) in [6, 6.07) is 19.4. The Morgan fingerprint density at radius 3 is 2.41 bits per heavy atom. The van der Waals surface area contributed by atoms with E-state index in [0.717, 1.165) is 12.8 Å². The SMILES string of the molecule is c1ccc(CCc2csc3ccccc23)cc1. The molecule has 2 aromatic carbocycles. The predicted molar refractivity (Wildman–Crippen MR) is 75.7 cm³/mol. The molecule has 0 bridgehead atoms. The molecule has 3 rings (SSSR count). The number of fused-ring (bicyclic) bond motifs is 1. The Kier molecular flexibility index (Phi) is 2.93. The zero-order valence-corrected chi connectivity index (χ0v) is 10.4. The van der Waals surface area contributed by atoms with E-state index in [1.165, 1.54) is 21.2 Å². The Morgan fingerprint density at radius 2 is 1.53 bits per heavy atom. The quantitative estimate of drug-likeness (QED) is 0.621. The number of hydrogen-bond donors (Lipinski definition) is 0. The van der Waals surface area contributed by atoms with E-state index in [-0.39, 0.29) is 0 Å². The van der Waals surface area contributed by atoms with Gasteiger partial charge in [0, 0.05) is 4.70 Å². The van der Waals surface area contributed by atoms with Crippen molar-refractivity contribution in [3.05, 3.63) is 71.1 Å². The average molecular weight is 238 g/mol. The summed E-state index contributed by atoms with van der Waals surface area (Å²) in [5, 5.41) is 3.72. The first-order valence-corrected chi connectivity index (χ1v) is 6.80. The van der Waals surface area contributed by atoms with Crippen molar-refractivity contribution in [3.63, 3.8) is 0 Å². The fourth-order valence-corrected chi connectivity index (χ4v) is 3.15. The fourth-order valence-electron chi connectivity index (χ4n) is 2.15. The van der Waals surface area contributed by atoms with Gasteiger partial charge in [0.25, 0.3) is 0 Å². The highest BCUT2D eigenvalue weighted by molar-refractivity contribution is 7.17. The second kappa shape index (κ2) is 4.72. The molecule has 0 fully saturated rings. The highest BCUT2D eigenvalue weighted by Gasteiger charge is 2.03. The lowest BCUT2D eigenvalue weighted by Gasteiger charge is -2.00. The minimum atomic E-state index is 1.13. The van der Waals surface area contributed by atoms with E-state index in [9.17, 15) is 0 Å². The van der Waals surface area contributed by atoms with Crippen molar-refractivity contribution in [1.82, 2.24) is 0 Å². The standard InChI is InChI=1S/C16H14S/c1-2-6-13(7-3-1)10-11-14-12-17-16-9-5-4-8-15(14)16/h1-9,12H,10-11H2. The molecule has 1 aromatic heterocycles. The summed E-state index contributed by atoms with van der Waals surface area (Å²) in [5.41, 5.74) is 2.90. The van der Waals surface area contributed by atoms with Gasteiger partial charge in [0.2, 0.25) is 0 Å². The van der Waals surface area contributed by atoms with Crippen LogP contribution in [0.1, 0.15) is 11.1 Å². The maximum Gasteiger partial charge on any atom is 0.0345 e. The summed E-state index contributed by atoms with van der Waals surface area (Å²) in [6.07, 6.45) is 2.26. The molecule has 0 radical (unpaired) electrons. The van der Waals surface area contributed by atoms with E-state index in [1.54, 1.807) is 0 Å². The van der Waals surface area contributed by atoms with Crippen LogP contribution in [0.5, 0.6) is 0 Å². The van der Waals surface area contributed by atoms with Crippen LogP contribution in [-0.4, -0.2) is 0 Å². The number of thiophene rings is 1. The van der Waals surface area contributed by atoms with Crippen LogP contribution in [0.4, 0.5) is 0 Å². The molecule has 0 saturated carbocycles. The van der Waals surface area contributed by atoms with E-state index < -0.39 is 0 Å². The van der Waals surface area contributed by atoms with Crippen molar-refractivity contribution in [2.24, 2.45) is 0 Å². The molecule has 0 amide bonds. The van der Waals surface area contributed by atoms with Crippen LogP contribution < -0.4 is 0 Å². The van der Waals surface area contributed by atoms with Crippen LogP contribution in [-0.2, 0) is 12.8 Å². The zero-order valence-electron chi connectivity index (χ0n) is 9.60. The van der Waals surface area contributed by atoms with E-state index in [2.05, 4.69) is 60.0 Å². The lowest BCUT2D eigenvalue weighted by Crippen LogP contribution is -1.89. The monoisotopic (exact) mass is 238 g/mol. The third-order valence-electron chi connectivity index (χ3n) is 3.09. The lowest BCUT2D eigenvalue weighted by molar-refractivity contribution is 0.973. The van der Waals surface area contributed by atoms with Crippen LogP contribution in [0.25, 0.3) is 10.1 Å². The first-order chi connectivity index (χ1) is 8.43. The Morgan fingerprint density at radius 1 is 0.765 bits per heavy atom. The molecule has 0 nitrogen and oxygen atoms in total. The zero-order chi connectivity index (χ0) is 11.5. The second-order valence-electron chi connectivity index (χ2n) is 4.24. The molecule has 0 aliphatic carbocycles. The third kappa shape index (κ3) is 2.25. The molecule has 0 spiro atoms. The number of aryl methyl sites for hydroxylation is 2. The molecular formula is C16H14S. The Labute approximate surface area is 106 Å². The topological polar surface area (TPSA) is 0 Å². The molecule has 3 aromatic rings. The van der Waals surface area contributed by atoms with Gasteiger partial charge in [-0.2, -0.15) is 0 Å². The highest BCUT2D eigenvalue weighted by Crippen LogP contribution is 2.26. The van der Waals surface area contributed by atoms with Gasteiger partial charge in [0.1, 0.15) is 0 Å². The van der Waals surface area contributed by atoms with Gasteiger partial charge < -0.3 is 0 Å². The summed E-state index contributed by atoms with van der Waals surface area (Å²) in [4.78, 5) is 0. The third-order valence-corrected chi connectivity index (χ3v) is 4.10. The minimum Gasteiger partial charge on any atom is -0.144 e. The second-order valence-corrected chi connectivity index (χ2v) is 5.15.